The Kier molecular flexibility index (Phi) is 4.81. The molecular formula is C23H18FNO3. The van der Waals surface area contributed by atoms with E-state index in [0.29, 0.717) is 34.6 Å². The van der Waals surface area contributed by atoms with Gasteiger partial charge in [0.1, 0.15) is 22.9 Å². The zero-order valence-corrected chi connectivity index (χ0v) is 15.2. The number of amides is 1. The van der Waals surface area contributed by atoms with Crippen LogP contribution in [0.5, 0.6) is 5.75 Å². The van der Waals surface area contributed by atoms with E-state index in [1.165, 1.54) is 12.1 Å². The number of anilines is 1. The number of rotatable bonds is 5. The molecule has 1 heterocycles. The SMILES string of the molecule is CCOc1ccc2oc(-c3ccccc3)c(C(=O)Nc3ccccc3F)c2c1. The molecule has 1 N–H and O–H groups in total. The topological polar surface area (TPSA) is 51.5 Å². The third-order valence-electron chi connectivity index (χ3n) is 4.36. The van der Waals surface area contributed by atoms with Crippen LogP contribution in [0.1, 0.15) is 17.3 Å². The number of halogens is 1. The van der Waals surface area contributed by atoms with Gasteiger partial charge in [-0.15, -0.1) is 0 Å². The number of furan rings is 1. The Balaban J connectivity index is 1.86. The number of benzene rings is 3. The Bertz CT molecular complexity index is 1140. The first-order valence-electron chi connectivity index (χ1n) is 8.98. The van der Waals surface area contributed by atoms with Crippen LogP contribution in [0, 0.1) is 5.82 Å². The van der Waals surface area contributed by atoms with Gasteiger partial charge in [0.15, 0.2) is 0 Å². The third-order valence-corrected chi connectivity index (χ3v) is 4.36. The molecule has 1 aromatic heterocycles. The monoisotopic (exact) mass is 375 g/mol. The summed E-state index contributed by atoms with van der Waals surface area (Å²) in [6.45, 7) is 2.40. The highest BCUT2D eigenvalue weighted by molar-refractivity contribution is 6.16. The summed E-state index contributed by atoms with van der Waals surface area (Å²) in [5.41, 5.74) is 1.77. The van der Waals surface area contributed by atoms with Gasteiger partial charge in [-0.1, -0.05) is 42.5 Å². The van der Waals surface area contributed by atoms with Gasteiger partial charge in [0.2, 0.25) is 0 Å². The first-order chi connectivity index (χ1) is 13.7. The molecule has 5 heteroatoms. The summed E-state index contributed by atoms with van der Waals surface area (Å²) in [5, 5.41) is 3.26. The molecule has 140 valence electrons. The van der Waals surface area contributed by atoms with E-state index in [9.17, 15) is 9.18 Å². The van der Waals surface area contributed by atoms with Crippen LogP contribution >= 0.6 is 0 Å². The van der Waals surface area contributed by atoms with Crippen molar-refractivity contribution in [1.82, 2.24) is 0 Å². The number of carbonyl (C=O) groups is 1. The lowest BCUT2D eigenvalue weighted by atomic mass is 10.0. The Hall–Kier alpha value is -3.60. The number of ether oxygens (including phenoxy) is 1. The van der Waals surface area contributed by atoms with E-state index in [0.717, 1.165) is 5.56 Å². The third kappa shape index (κ3) is 3.34. The average molecular weight is 375 g/mol. The summed E-state index contributed by atoms with van der Waals surface area (Å²) in [6, 6.07) is 20.7. The molecule has 4 rings (SSSR count). The van der Waals surface area contributed by atoms with Crippen LogP contribution in [0.25, 0.3) is 22.3 Å². The fourth-order valence-electron chi connectivity index (χ4n) is 3.10. The summed E-state index contributed by atoms with van der Waals surface area (Å²) < 4.78 is 25.6. The van der Waals surface area contributed by atoms with Crippen molar-refractivity contribution in [2.75, 3.05) is 11.9 Å². The molecule has 0 saturated carbocycles. The maximum absolute atomic E-state index is 14.0. The molecule has 0 unspecified atom stereocenters. The number of hydrogen-bond donors (Lipinski definition) is 1. The van der Waals surface area contributed by atoms with Gasteiger partial charge >= 0.3 is 0 Å². The second-order valence-electron chi connectivity index (χ2n) is 6.20. The Morgan fingerprint density at radius 1 is 1.04 bits per heavy atom. The van der Waals surface area contributed by atoms with Gasteiger partial charge in [0.25, 0.3) is 5.91 Å². The van der Waals surface area contributed by atoms with Crippen LogP contribution in [0.4, 0.5) is 10.1 Å². The largest absolute Gasteiger partial charge is 0.494 e. The number of fused-ring (bicyclic) bond motifs is 1. The highest BCUT2D eigenvalue weighted by Crippen LogP contribution is 2.36. The van der Waals surface area contributed by atoms with Gasteiger partial charge in [-0.3, -0.25) is 4.79 Å². The average Bonchev–Trinajstić information content (AvgIpc) is 3.09. The van der Waals surface area contributed by atoms with Crippen molar-refractivity contribution in [1.29, 1.82) is 0 Å². The van der Waals surface area contributed by atoms with Crippen LogP contribution in [-0.2, 0) is 0 Å². The van der Waals surface area contributed by atoms with Gasteiger partial charge in [0, 0.05) is 10.9 Å². The van der Waals surface area contributed by atoms with Crippen molar-refractivity contribution in [3.63, 3.8) is 0 Å². The normalized spacial score (nSPS) is 10.8. The van der Waals surface area contributed by atoms with E-state index in [4.69, 9.17) is 9.15 Å². The molecule has 0 saturated heterocycles. The van der Waals surface area contributed by atoms with Crippen molar-refractivity contribution >= 4 is 22.6 Å². The maximum atomic E-state index is 14.0. The van der Waals surface area contributed by atoms with Crippen molar-refractivity contribution in [2.24, 2.45) is 0 Å². The Morgan fingerprint density at radius 2 is 1.79 bits per heavy atom. The molecule has 0 aliphatic heterocycles. The number of hydrogen-bond acceptors (Lipinski definition) is 3. The van der Waals surface area contributed by atoms with Gasteiger partial charge in [-0.25, -0.2) is 4.39 Å². The molecule has 0 radical (unpaired) electrons. The second-order valence-corrected chi connectivity index (χ2v) is 6.20. The Labute approximate surface area is 161 Å². The molecule has 0 bridgehead atoms. The summed E-state index contributed by atoms with van der Waals surface area (Å²) >= 11 is 0. The van der Waals surface area contributed by atoms with Crippen LogP contribution in [0.15, 0.2) is 77.2 Å². The predicted molar refractivity (Wildman–Crippen MR) is 107 cm³/mol. The molecular weight excluding hydrogens is 357 g/mol. The molecule has 4 nitrogen and oxygen atoms in total. The zero-order chi connectivity index (χ0) is 19.5. The molecule has 28 heavy (non-hydrogen) atoms. The lowest BCUT2D eigenvalue weighted by molar-refractivity contribution is 0.102. The minimum absolute atomic E-state index is 0.113. The molecule has 0 aliphatic carbocycles. The fourth-order valence-corrected chi connectivity index (χ4v) is 3.10. The molecule has 0 atom stereocenters. The van der Waals surface area contributed by atoms with Crippen molar-refractivity contribution < 1.29 is 18.3 Å². The standard InChI is InChI=1S/C23H18FNO3/c1-2-27-16-12-13-20-17(14-16)21(22(28-20)15-8-4-3-5-9-15)23(26)25-19-11-7-6-10-18(19)24/h3-14H,2H2,1H3,(H,25,26). The van der Waals surface area contributed by atoms with Crippen LogP contribution in [-0.4, -0.2) is 12.5 Å². The van der Waals surface area contributed by atoms with E-state index in [2.05, 4.69) is 5.32 Å². The highest BCUT2D eigenvalue weighted by atomic mass is 19.1. The lowest BCUT2D eigenvalue weighted by Gasteiger charge is -2.08. The fraction of sp³-hybridized carbons (Fsp3) is 0.0870. The summed E-state index contributed by atoms with van der Waals surface area (Å²) in [5.74, 6) is 0.115. The quantitative estimate of drug-likeness (QED) is 0.473. The van der Waals surface area contributed by atoms with Gasteiger partial charge in [-0.2, -0.15) is 0 Å². The van der Waals surface area contributed by atoms with E-state index >= 15 is 0 Å². The van der Waals surface area contributed by atoms with Crippen molar-refractivity contribution in [3.8, 4) is 17.1 Å². The van der Waals surface area contributed by atoms with Crippen molar-refractivity contribution in [3.05, 3.63) is 84.2 Å². The summed E-state index contributed by atoms with van der Waals surface area (Å²) in [6.07, 6.45) is 0. The first kappa shape index (κ1) is 17.8. The minimum Gasteiger partial charge on any atom is -0.494 e. The van der Waals surface area contributed by atoms with E-state index in [-0.39, 0.29) is 5.69 Å². The second kappa shape index (κ2) is 7.56. The lowest BCUT2D eigenvalue weighted by Crippen LogP contribution is -2.13. The van der Waals surface area contributed by atoms with Crippen LogP contribution < -0.4 is 10.1 Å². The Morgan fingerprint density at radius 3 is 2.54 bits per heavy atom. The van der Waals surface area contributed by atoms with E-state index in [1.807, 2.05) is 37.3 Å². The minimum atomic E-state index is -0.500. The summed E-state index contributed by atoms with van der Waals surface area (Å²) in [7, 11) is 0. The number of carbonyl (C=O) groups excluding carboxylic acids is 1. The van der Waals surface area contributed by atoms with Crippen molar-refractivity contribution in [2.45, 2.75) is 6.92 Å². The molecule has 0 spiro atoms. The van der Waals surface area contributed by atoms with Gasteiger partial charge in [0.05, 0.1) is 17.9 Å². The predicted octanol–water partition coefficient (Wildman–Crippen LogP) is 5.89. The van der Waals surface area contributed by atoms with E-state index < -0.39 is 11.7 Å². The van der Waals surface area contributed by atoms with Crippen LogP contribution in [0.3, 0.4) is 0 Å². The van der Waals surface area contributed by atoms with Gasteiger partial charge in [-0.05, 0) is 37.3 Å². The van der Waals surface area contributed by atoms with E-state index in [1.54, 1.807) is 30.3 Å². The molecule has 4 aromatic rings. The number of nitrogens with one attached hydrogen (secondary N) is 1. The zero-order valence-electron chi connectivity index (χ0n) is 15.2. The molecule has 0 aliphatic rings. The summed E-state index contributed by atoms with van der Waals surface area (Å²) in [4.78, 5) is 13.1. The van der Waals surface area contributed by atoms with Gasteiger partial charge < -0.3 is 14.5 Å². The molecule has 0 fully saturated rings. The number of para-hydroxylation sites is 1. The molecule has 1 amide bonds. The molecule has 3 aromatic carbocycles. The smallest absolute Gasteiger partial charge is 0.260 e. The maximum Gasteiger partial charge on any atom is 0.260 e. The van der Waals surface area contributed by atoms with Crippen LogP contribution in [0.2, 0.25) is 0 Å². The first-order valence-corrected chi connectivity index (χ1v) is 8.98. The highest BCUT2D eigenvalue weighted by Gasteiger charge is 2.23.